The van der Waals surface area contributed by atoms with Crippen LogP contribution in [0.2, 0.25) is 0 Å². The Kier molecular flexibility index (Phi) is 3.99. The van der Waals surface area contributed by atoms with Gasteiger partial charge >= 0.3 is 154 Å². The van der Waals surface area contributed by atoms with E-state index in [0.29, 0.717) is 0 Å². The summed E-state index contributed by atoms with van der Waals surface area (Å²) >= 11 is -1.36. The molecule has 0 aromatic heterocycles. The third-order valence-electron chi connectivity index (χ3n) is 4.69. The fourth-order valence-electron chi connectivity index (χ4n) is 3.51. The summed E-state index contributed by atoms with van der Waals surface area (Å²) < 4.78 is 26.0. The molecule has 0 radical (unpaired) electrons. The Morgan fingerprint density at radius 3 is 2.36 bits per heavy atom. The summed E-state index contributed by atoms with van der Waals surface area (Å²) in [6.45, 7) is 0. The van der Waals surface area contributed by atoms with Gasteiger partial charge in [0.05, 0.1) is 0 Å². The Balaban J connectivity index is 1.70. The van der Waals surface area contributed by atoms with Crippen molar-refractivity contribution in [3.63, 3.8) is 0 Å². The van der Waals surface area contributed by atoms with Gasteiger partial charge in [-0.3, -0.25) is 0 Å². The zero-order valence-corrected chi connectivity index (χ0v) is 16.3. The molecule has 2 aromatic carbocycles. The van der Waals surface area contributed by atoms with Gasteiger partial charge in [0, 0.05) is 0 Å². The van der Waals surface area contributed by atoms with Crippen molar-refractivity contribution in [1.29, 1.82) is 0 Å². The third kappa shape index (κ3) is 2.53. The summed E-state index contributed by atoms with van der Waals surface area (Å²) in [6, 6.07) is 16.7. The first-order chi connectivity index (χ1) is 12.0. The van der Waals surface area contributed by atoms with Crippen LogP contribution in [0.3, 0.4) is 0 Å². The van der Waals surface area contributed by atoms with Gasteiger partial charge in [-0.05, 0) is 0 Å². The molecule has 0 aliphatic carbocycles. The van der Waals surface area contributed by atoms with E-state index in [1.54, 1.807) is 12.1 Å². The van der Waals surface area contributed by atoms with Crippen molar-refractivity contribution in [3.05, 3.63) is 70.3 Å². The molecule has 0 amide bonds. The molecule has 0 saturated carbocycles. The molecule has 2 heterocycles. The van der Waals surface area contributed by atoms with Gasteiger partial charge in [0.25, 0.3) is 0 Å². The number of hydrogen-bond acceptors (Lipinski definition) is 5. The van der Waals surface area contributed by atoms with E-state index in [4.69, 9.17) is 0 Å². The summed E-state index contributed by atoms with van der Waals surface area (Å²) in [5, 5.41) is 10.7. The topological polar surface area (TPSA) is 80.3 Å². The summed E-state index contributed by atoms with van der Waals surface area (Å²) in [4.78, 5) is 10.4. The number of nitrogens with zero attached hydrogens (tertiary/aromatic N) is 2. The van der Waals surface area contributed by atoms with Gasteiger partial charge in [0.15, 0.2) is 0 Å². The van der Waals surface area contributed by atoms with Crippen LogP contribution in [-0.4, -0.2) is 17.2 Å². The van der Waals surface area contributed by atoms with Gasteiger partial charge < -0.3 is 0 Å². The van der Waals surface area contributed by atoms with Crippen LogP contribution in [0.15, 0.2) is 59.5 Å². The molecule has 2 aliphatic heterocycles. The molecule has 1 unspecified atom stereocenters. The molecule has 8 heteroatoms. The molecule has 2 aliphatic rings. The standard InChI is InChI=1S/C17H17IN2O4S/c21-20(22)25(23,24)16-10-8-15(9-11-16)19-17(12-4-5-13-18(17)19)14-6-2-1-3-7-14/h1-3,6-11H,4-5,12-13H2. The van der Waals surface area contributed by atoms with Crippen LogP contribution in [0.25, 0.3) is 0 Å². The van der Waals surface area contributed by atoms with E-state index in [1.807, 2.05) is 6.07 Å². The Labute approximate surface area is 153 Å². The van der Waals surface area contributed by atoms with Crippen molar-refractivity contribution in [2.45, 2.75) is 27.7 Å². The zero-order valence-electron chi connectivity index (χ0n) is 13.3. The number of sulfonamides is 1. The molecule has 4 rings (SSSR count). The van der Waals surface area contributed by atoms with E-state index in [0.717, 1.165) is 12.1 Å². The number of alkyl halides is 2. The van der Waals surface area contributed by atoms with Crippen molar-refractivity contribution in [2.24, 2.45) is 0 Å². The van der Waals surface area contributed by atoms with Gasteiger partial charge in [-0.15, -0.1) is 0 Å². The first-order valence-corrected chi connectivity index (χ1v) is 13.0. The Bertz CT molecular complexity index is 917. The second-order valence-corrected chi connectivity index (χ2v) is 13.6. The molecule has 0 N–H and O–H groups in total. The van der Waals surface area contributed by atoms with Crippen LogP contribution in [0.5, 0.6) is 0 Å². The monoisotopic (exact) mass is 472 g/mol. The zero-order chi connectivity index (χ0) is 17.7. The minimum absolute atomic E-state index is 0.132. The van der Waals surface area contributed by atoms with E-state index in [1.165, 1.54) is 35.0 Å². The Hall–Kier alpha value is -1.68. The Morgan fingerprint density at radius 2 is 1.72 bits per heavy atom. The van der Waals surface area contributed by atoms with Crippen LogP contribution in [0, 0.1) is 10.1 Å². The summed E-state index contributed by atoms with van der Waals surface area (Å²) in [5.41, 5.74) is 2.33. The maximum atomic E-state index is 11.7. The minimum atomic E-state index is -4.48. The SMILES string of the molecule is O=[N+]([O-])S(=O)(=O)c1ccc(N2I3CCCCC23c2ccccc2)cc1. The van der Waals surface area contributed by atoms with Crippen molar-refractivity contribution in [1.82, 2.24) is 0 Å². The molecule has 2 saturated heterocycles. The molecule has 0 spiro atoms. The van der Waals surface area contributed by atoms with Crippen molar-refractivity contribution < 1.29 is 12.7 Å². The fourth-order valence-corrected chi connectivity index (χ4v) is 12.9. The second-order valence-electron chi connectivity index (χ2n) is 6.08. The van der Waals surface area contributed by atoms with E-state index in [-0.39, 0.29) is 8.44 Å². The number of halogens is 1. The molecule has 25 heavy (non-hydrogen) atoms. The molecule has 1 atom stereocenters. The van der Waals surface area contributed by atoms with Crippen LogP contribution in [0.4, 0.5) is 5.69 Å². The summed E-state index contributed by atoms with van der Waals surface area (Å²) in [6.07, 6.45) is 3.59. The number of nitro groups is 1. The molecule has 0 bridgehead atoms. The molecular weight excluding hydrogens is 455 g/mol. The predicted molar refractivity (Wildman–Crippen MR) is 104 cm³/mol. The van der Waals surface area contributed by atoms with Crippen LogP contribution >= 0.6 is 20.1 Å². The number of hydrogen-bond donors (Lipinski definition) is 0. The normalized spacial score (nSPS) is 23.8. The van der Waals surface area contributed by atoms with Crippen LogP contribution in [0.1, 0.15) is 24.8 Å². The van der Waals surface area contributed by atoms with E-state index >= 15 is 0 Å². The molecule has 6 nitrogen and oxygen atoms in total. The van der Waals surface area contributed by atoms with Gasteiger partial charge in [-0.2, -0.15) is 0 Å². The quantitative estimate of drug-likeness (QED) is 0.128. The number of anilines is 1. The molecular formula is C17H17IN2O4S. The van der Waals surface area contributed by atoms with Crippen LogP contribution in [-0.2, 0) is 13.6 Å². The van der Waals surface area contributed by atoms with Gasteiger partial charge in [0.2, 0.25) is 0 Å². The second kappa shape index (κ2) is 5.94. The van der Waals surface area contributed by atoms with E-state index in [9.17, 15) is 18.5 Å². The molecule has 132 valence electrons. The van der Waals surface area contributed by atoms with Crippen molar-refractivity contribution in [3.8, 4) is 0 Å². The predicted octanol–water partition coefficient (Wildman–Crippen LogP) is 3.93. The number of fused-ring (bicyclic) bond motifs is 1. The average molecular weight is 472 g/mol. The first kappa shape index (κ1) is 16.8. The van der Waals surface area contributed by atoms with Gasteiger partial charge in [-0.25, -0.2) is 0 Å². The van der Waals surface area contributed by atoms with Crippen molar-refractivity contribution >= 4 is 35.8 Å². The maximum absolute atomic E-state index is 11.7. The fraction of sp³-hybridized carbons (Fsp3) is 0.294. The molecule has 2 fully saturated rings. The van der Waals surface area contributed by atoms with E-state index in [2.05, 4.69) is 27.4 Å². The number of rotatable bonds is 4. The Morgan fingerprint density at radius 1 is 1.04 bits per heavy atom. The van der Waals surface area contributed by atoms with Gasteiger partial charge in [0.1, 0.15) is 0 Å². The third-order valence-corrected chi connectivity index (χ3v) is 13.5. The summed E-state index contributed by atoms with van der Waals surface area (Å²) in [5.74, 6) is 0. The van der Waals surface area contributed by atoms with E-state index < -0.39 is 34.4 Å². The summed E-state index contributed by atoms with van der Waals surface area (Å²) in [7, 11) is -4.48. The van der Waals surface area contributed by atoms with Crippen molar-refractivity contribution in [2.75, 3.05) is 7.54 Å². The average Bonchev–Trinajstić information content (AvgIpc) is 3.33. The molecule has 2 aromatic rings. The number of benzene rings is 2. The first-order valence-electron chi connectivity index (χ1n) is 7.99. The van der Waals surface area contributed by atoms with Crippen LogP contribution < -0.4 is 3.11 Å². The van der Waals surface area contributed by atoms with Gasteiger partial charge in [-0.1, -0.05) is 0 Å².